The molecular weight excluding hydrogens is 210 g/mol. The Hall–Kier alpha value is -2.17. The predicted molar refractivity (Wildman–Crippen MR) is 57.7 cm³/mol. The van der Waals surface area contributed by atoms with Crippen molar-refractivity contribution >= 4 is 18.3 Å². The SMILES string of the molecule is COC(=O)/N=C/C(C(=O)O)c1ccccc1. The van der Waals surface area contributed by atoms with Crippen LogP contribution in [0, 0.1) is 0 Å². The molecule has 0 aliphatic rings. The van der Waals surface area contributed by atoms with Crippen LogP contribution in [0.25, 0.3) is 0 Å². The third-order valence-corrected chi connectivity index (χ3v) is 1.93. The standard InChI is InChI=1S/C11H11NO4/c1-16-11(15)12-7-9(10(13)14)8-5-3-2-4-6-8/h2-7,9H,1H3,(H,13,14)/b12-7+. The monoisotopic (exact) mass is 221 g/mol. The van der Waals surface area contributed by atoms with Crippen molar-refractivity contribution in [3.8, 4) is 0 Å². The van der Waals surface area contributed by atoms with Gasteiger partial charge in [-0.15, -0.1) is 0 Å². The number of ether oxygens (including phenoxy) is 1. The fourth-order valence-electron chi connectivity index (χ4n) is 1.14. The summed E-state index contributed by atoms with van der Waals surface area (Å²) in [6.45, 7) is 0. The first-order valence-corrected chi connectivity index (χ1v) is 4.55. The van der Waals surface area contributed by atoms with Gasteiger partial charge in [-0.05, 0) is 5.56 Å². The molecule has 1 unspecified atom stereocenters. The molecule has 0 spiro atoms. The second-order valence-corrected chi connectivity index (χ2v) is 2.97. The number of hydrogen-bond donors (Lipinski definition) is 1. The first kappa shape index (κ1) is 11.9. The molecule has 0 saturated carbocycles. The third kappa shape index (κ3) is 3.20. The van der Waals surface area contributed by atoms with Crippen molar-refractivity contribution in [1.82, 2.24) is 0 Å². The highest BCUT2D eigenvalue weighted by molar-refractivity contribution is 5.98. The Kier molecular flexibility index (Phi) is 4.20. The van der Waals surface area contributed by atoms with Crippen LogP contribution in [0.3, 0.4) is 0 Å². The normalized spacial score (nSPS) is 12.3. The molecule has 0 aliphatic carbocycles. The number of carbonyl (C=O) groups is 2. The van der Waals surface area contributed by atoms with Gasteiger partial charge in [-0.1, -0.05) is 30.3 Å². The summed E-state index contributed by atoms with van der Waals surface area (Å²) in [6, 6.07) is 8.53. The van der Waals surface area contributed by atoms with E-state index < -0.39 is 18.0 Å². The zero-order valence-corrected chi connectivity index (χ0v) is 8.66. The highest BCUT2D eigenvalue weighted by Crippen LogP contribution is 2.13. The molecule has 1 N–H and O–H groups in total. The number of nitrogens with zero attached hydrogens (tertiary/aromatic N) is 1. The maximum atomic E-state index is 11.0. The number of carbonyl (C=O) groups excluding carboxylic acids is 1. The Bertz CT molecular complexity index is 400. The molecule has 0 aromatic heterocycles. The summed E-state index contributed by atoms with van der Waals surface area (Å²) < 4.78 is 4.29. The quantitative estimate of drug-likeness (QED) is 0.788. The Labute approximate surface area is 92.4 Å². The first-order chi connectivity index (χ1) is 7.65. The van der Waals surface area contributed by atoms with Crippen LogP contribution < -0.4 is 0 Å². The van der Waals surface area contributed by atoms with Gasteiger partial charge in [-0.2, -0.15) is 4.99 Å². The second-order valence-electron chi connectivity index (χ2n) is 2.97. The fourth-order valence-corrected chi connectivity index (χ4v) is 1.14. The molecule has 1 atom stereocenters. The number of methoxy groups -OCH3 is 1. The summed E-state index contributed by atoms with van der Waals surface area (Å²) >= 11 is 0. The number of aliphatic carboxylic acids is 1. The predicted octanol–water partition coefficient (Wildman–Crippen LogP) is 1.69. The van der Waals surface area contributed by atoms with Crippen LogP contribution in [-0.2, 0) is 9.53 Å². The number of amides is 1. The number of carboxylic acids is 1. The Morgan fingerprint density at radius 3 is 2.50 bits per heavy atom. The molecule has 0 aliphatic heterocycles. The number of carboxylic acid groups (broad SMARTS) is 1. The van der Waals surface area contributed by atoms with E-state index in [1.807, 2.05) is 0 Å². The van der Waals surface area contributed by atoms with E-state index in [1.165, 1.54) is 7.11 Å². The molecule has 1 rings (SSSR count). The highest BCUT2D eigenvalue weighted by atomic mass is 16.5. The van der Waals surface area contributed by atoms with Gasteiger partial charge < -0.3 is 9.84 Å². The van der Waals surface area contributed by atoms with E-state index in [0.29, 0.717) is 5.56 Å². The van der Waals surface area contributed by atoms with Crippen LogP contribution in [0.2, 0.25) is 0 Å². The second kappa shape index (κ2) is 5.65. The van der Waals surface area contributed by atoms with Crippen molar-refractivity contribution in [2.75, 3.05) is 7.11 Å². The van der Waals surface area contributed by atoms with Crippen LogP contribution in [-0.4, -0.2) is 30.5 Å². The minimum atomic E-state index is -1.07. The topological polar surface area (TPSA) is 76.0 Å². The average Bonchev–Trinajstić information content (AvgIpc) is 2.30. The molecule has 0 radical (unpaired) electrons. The molecule has 1 aromatic carbocycles. The van der Waals surface area contributed by atoms with Crippen LogP contribution in [0.4, 0.5) is 4.79 Å². The molecule has 84 valence electrons. The van der Waals surface area contributed by atoms with Gasteiger partial charge in [0.25, 0.3) is 0 Å². The van der Waals surface area contributed by atoms with E-state index in [-0.39, 0.29) is 0 Å². The van der Waals surface area contributed by atoms with Gasteiger partial charge in [0.2, 0.25) is 0 Å². The largest absolute Gasteiger partial charge is 0.481 e. The molecule has 16 heavy (non-hydrogen) atoms. The minimum absolute atomic E-state index is 0.558. The summed E-state index contributed by atoms with van der Waals surface area (Å²) in [5, 5.41) is 8.97. The van der Waals surface area contributed by atoms with Crippen molar-refractivity contribution in [3.63, 3.8) is 0 Å². The summed E-state index contributed by atoms with van der Waals surface area (Å²) in [7, 11) is 1.18. The number of rotatable bonds is 3. The van der Waals surface area contributed by atoms with Crippen molar-refractivity contribution in [1.29, 1.82) is 0 Å². The van der Waals surface area contributed by atoms with E-state index in [0.717, 1.165) is 6.21 Å². The van der Waals surface area contributed by atoms with Crippen molar-refractivity contribution in [2.24, 2.45) is 4.99 Å². The Morgan fingerprint density at radius 2 is 2.00 bits per heavy atom. The number of benzene rings is 1. The molecule has 0 fully saturated rings. The lowest BCUT2D eigenvalue weighted by molar-refractivity contribution is -0.136. The van der Waals surface area contributed by atoms with Gasteiger partial charge >= 0.3 is 12.1 Å². The minimum Gasteiger partial charge on any atom is -0.481 e. The molecule has 5 nitrogen and oxygen atoms in total. The zero-order chi connectivity index (χ0) is 12.0. The maximum absolute atomic E-state index is 11.0. The number of hydrogen-bond acceptors (Lipinski definition) is 3. The fraction of sp³-hybridized carbons (Fsp3) is 0.182. The number of aliphatic imine (C=N–C) groups is 1. The molecule has 5 heteroatoms. The van der Waals surface area contributed by atoms with E-state index in [2.05, 4.69) is 9.73 Å². The Morgan fingerprint density at radius 1 is 1.38 bits per heavy atom. The van der Waals surface area contributed by atoms with Crippen molar-refractivity contribution in [3.05, 3.63) is 35.9 Å². The summed E-state index contributed by atoms with van der Waals surface area (Å²) in [5.74, 6) is -2.01. The van der Waals surface area contributed by atoms with Crippen LogP contribution >= 0.6 is 0 Å². The van der Waals surface area contributed by atoms with Crippen molar-refractivity contribution < 1.29 is 19.4 Å². The van der Waals surface area contributed by atoms with E-state index >= 15 is 0 Å². The van der Waals surface area contributed by atoms with Crippen LogP contribution in [0.15, 0.2) is 35.3 Å². The smallest absolute Gasteiger partial charge is 0.432 e. The lowest BCUT2D eigenvalue weighted by Gasteiger charge is -2.06. The van der Waals surface area contributed by atoms with Gasteiger partial charge in [0.1, 0.15) is 5.92 Å². The molecular formula is C11H11NO4. The lowest BCUT2D eigenvalue weighted by atomic mass is 10.0. The molecule has 0 saturated heterocycles. The molecule has 0 bridgehead atoms. The molecule has 1 aromatic rings. The first-order valence-electron chi connectivity index (χ1n) is 4.55. The van der Waals surface area contributed by atoms with Gasteiger partial charge in [0, 0.05) is 6.21 Å². The zero-order valence-electron chi connectivity index (χ0n) is 8.66. The van der Waals surface area contributed by atoms with Gasteiger partial charge in [0.05, 0.1) is 7.11 Å². The highest BCUT2D eigenvalue weighted by Gasteiger charge is 2.17. The van der Waals surface area contributed by atoms with Crippen molar-refractivity contribution in [2.45, 2.75) is 5.92 Å². The Balaban J connectivity index is 2.89. The van der Waals surface area contributed by atoms with E-state index in [9.17, 15) is 9.59 Å². The summed E-state index contributed by atoms with van der Waals surface area (Å²) in [4.78, 5) is 25.1. The van der Waals surface area contributed by atoms with Crippen LogP contribution in [0.1, 0.15) is 11.5 Å². The third-order valence-electron chi connectivity index (χ3n) is 1.93. The summed E-state index contributed by atoms with van der Waals surface area (Å²) in [6.07, 6.45) is 0.242. The van der Waals surface area contributed by atoms with E-state index in [1.54, 1.807) is 30.3 Å². The lowest BCUT2D eigenvalue weighted by Crippen LogP contribution is -2.13. The van der Waals surface area contributed by atoms with Gasteiger partial charge in [0.15, 0.2) is 0 Å². The average molecular weight is 221 g/mol. The maximum Gasteiger partial charge on any atom is 0.432 e. The van der Waals surface area contributed by atoms with Gasteiger partial charge in [-0.3, -0.25) is 4.79 Å². The molecule has 0 heterocycles. The van der Waals surface area contributed by atoms with Gasteiger partial charge in [-0.25, -0.2) is 4.79 Å². The van der Waals surface area contributed by atoms with E-state index in [4.69, 9.17) is 5.11 Å². The van der Waals surface area contributed by atoms with Crippen LogP contribution in [0.5, 0.6) is 0 Å². The summed E-state index contributed by atoms with van der Waals surface area (Å²) in [5.41, 5.74) is 0.558. The molecule has 1 amide bonds.